The molecule has 0 bridgehead atoms. The number of carbonyl (C=O) groups is 2. The van der Waals surface area contributed by atoms with Gasteiger partial charge in [0, 0.05) is 5.56 Å². The van der Waals surface area contributed by atoms with E-state index in [0.717, 1.165) is 0 Å². The van der Waals surface area contributed by atoms with Gasteiger partial charge in [-0.05, 0) is 48.0 Å². The molecule has 3 aromatic carbocycles. The monoisotopic (exact) mass is 452 g/mol. The standard InChI is InChI=1S/C24H18ClFN2O4/c1-31-22-12-15(7-10-21(22)32-14-16-8-9-17(26)13-20(16)25)11-19-23(29)27-28(24(19)30)18-5-3-2-4-6-18/h2-13H,14H2,1H3,(H,27,29)/b19-11+. The van der Waals surface area contributed by atoms with Crippen molar-refractivity contribution in [1.29, 1.82) is 0 Å². The largest absolute Gasteiger partial charge is 0.493 e. The van der Waals surface area contributed by atoms with Crippen LogP contribution in [0, 0.1) is 5.82 Å². The van der Waals surface area contributed by atoms with E-state index in [-0.39, 0.29) is 17.2 Å². The number of anilines is 1. The molecule has 1 aliphatic rings. The van der Waals surface area contributed by atoms with Crippen molar-refractivity contribution in [3.63, 3.8) is 0 Å². The normalized spacial score (nSPS) is 14.6. The van der Waals surface area contributed by atoms with Crippen molar-refractivity contribution in [3.05, 3.63) is 94.3 Å². The minimum absolute atomic E-state index is 0.00247. The SMILES string of the molecule is COc1cc(/C=C2\C(=O)NN(c3ccccc3)C2=O)ccc1OCc1ccc(F)cc1Cl. The molecule has 1 N–H and O–H groups in total. The molecule has 0 spiro atoms. The van der Waals surface area contributed by atoms with Crippen molar-refractivity contribution < 1.29 is 23.5 Å². The average Bonchev–Trinajstić information content (AvgIpc) is 3.08. The number of nitrogens with one attached hydrogen (secondary N) is 1. The van der Waals surface area contributed by atoms with Gasteiger partial charge >= 0.3 is 0 Å². The van der Waals surface area contributed by atoms with Crippen molar-refractivity contribution in [2.24, 2.45) is 0 Å². The maximum Gasteiger partial charge on any atom is 0.282 e. The molecule has 0 saturated carbocycles. The van der Waals surface area contributed by atoms with Gasteiger partial charge in [-0.3, -0.25) is 15.0 Å². The first kappa shape index (κ1) is 21.4. The molecule has 0 unspecified atom stereocenters. The Bertz CT molecular complexity index is 1210. The predicted molar refractivity (Wildman–Crippen MR) is 119 cm³/mol. The molecular formula is C24H18ClFN2O4. The van der Waals surface area contributed by atoms with Gasteiger partial charge in [0.2, 0.25) is 0 Å². The molecule has 8 heteroatoms. The Balaban J connectivity index is 1.54. The van der Waals surface area contributed by atoms with E-state index in [2.05, 4.69) is 5.43 Å². The number of benzene rings is 3. The summed E-state index contributed by atoms with van der Waals surface area (Å²) in [6, 6.07) is 17.9. The Kier molecular flexibility index (Phi) is 6.09. The van der Waals surface area contributed by atoms with Crippen LogP contribution in [-0.4, -0.2) is 18.9 Å². The number of carbonyl (C=O) groups excluding carboxylic acids is 2. The van der Waals surface area contributed by atoms with E-state index in [1.54, 1.807) is 48.5 Å². The lowest BCUT2D eigenvalue weighted by Crippen LogP contribution is -2.35. The van der Waals surface area contributed by atoms with Gasteiger partial charge in [0.1, 0.15) is 18.0 Å². The van der Waals surface area contributed by atoms with Crippen LogP contribution >= 0.6 is 11.6 Å². The number of hydrogen-bond donors (Lipinski definition) is 1. The molecule has 1 heterocycles. The third kappa shape index (κ3) is 4.43. The minimum atomic E-state index is -0.496. The molecule has 1 aliphatic heterocycles. The molecule has 4 rings (SSSR count). The second kappa shape index (κ2) is 9.11. The highest BCUT2D eigenvalue weighted by Crippen LogP contribution is 2.31. The van der Waals surface area contributed by atoms with Gasteiger partial charge in [-0.2, -0.15) is 0 Å². The van der Waals surface area contributed by atoms with Gasteiger partial charge in [-0.25, -0.2) is 9.40 Å². The number of hydrazine groups is 1. The molecule has 32 heavy (non-hydrogen) atoms. The van der Waals surface area contributed by atoms with Crippen LogP contribution in [0.25, 0.3) is 6.08 Å². The molecule has 0 radical (unpaired) electrons. The molecule has 0 aromatic heterocycles. The van der Waals surface area contributed by atoms with Gasteiger partial charge in [0.05, 0.1) is 17.8 Å². The van der Waals surface area contributed by atoms with E-state index in [0.29, 0.717) is 28.3 Å². The molecule has 1 saturated heterocycles. The van der Waals surface area contributed by atoms with Crippen LogP contribution in [0.2, 0.25) is 5.02 Å². The Labute approximate surface area is 188 Å². The maximum atomic E-state index is 13.2. The minimum Gasteiger partial charge on any atom is -0.493 e. The summed E-state index contributed by atoms with van der Waals surface area (Å²) in [6.45, 7) is 0.114. The van der Waals surface area contributed by atoms with Gasteiger partial charge in [0.25, 0.3) is 11.8 Å². The lowest BCUT2D eigenvalue weighted by atomic mass is 10.1. The first-order chi connectivity index (χ1) is 15.5. The summed E-state index contributed by atoms with van der Waals surface area (Å²) in [5.74, 6) is -0.535. The first-order valence-electron chi connectivity index (χ1n) is 9.63. The van der Waals surface area contributed by atoms with E-state index in [1.807, 2.05) is 6.07 Å². The van der Waals surface area contributed by atoms with Crippen LogP contribution in [-0.2, 0) is 16.2 Å². The fraction of sp³-hybridized carbons (Fsp3) is 0.0833. The summed E-state index contributed by atoms with van der Waals surface area (Å²) in [7, 11) is 1.48. The van der Waals surface area contributed by atoms with Gasteiger partial charge in [-0.1, -0.05) is 41.9 Å². The van der Waals surface area contributed by atoms with E-state index >= 15 is 0 Å². The van der Waals surface area contributed by atoms with E-state index in [1.165, 1.54) is 30.3 Å². The lowest BCUT2D eigenvalue weighted by molar-refractivity contribution is -0.117. The number of halogens is 2. The van der Waals surface area contributed by atoms with Crippen LogP contribution in [0.4, 0.5) is 10.1 Å². The van der Waals surface area contributed by atoms with Crippen molar-refractivity contribution in [2.75, 3.05) is 12.1 Å². The van der Waals surface area contributed by atoms with Gasteiger partial charge in [0.15, 0.2) is 11.5 Å². The number of amides is 2. The molecule has 0 aliphatic carbocycles. The molecule has 3 aromatic rings. The van der Waals surface area contributed by atoms with E-state index in [9.17, 15) is 14.0 Å². The van der Waals surface area contributed by atoms with Crippen molar-refractivity contribution in [1.82, 2.24) is 5.43 Å². The van der Waals surface area contributed by atoms with Gasteiger partial charge in [-0.15, -0.1) is 0 Å². The zero-order valence-electron chi connectivity index (χ0n) is 17.0. The Morgan fingerprint density at radius 3 is 2.53 bits per heavy atom. The quantitative estimate of drug-likeness (QED) is 0.441. The zero-order valence-corrected chi connectivity index (χ0v) is 17.7. The number of para-hydroxylation sites is 1. The third-order valence-corrected chi connectivity index (χ3v) is 5.15. The summed E-state index contributed by atoms with van der Waals surface area (Å²) in [4.78, 5) is 25.1. The molecule has 2 amide bonds. The Morgan fingerprint density at radius 2 is 1.81 bits per heavy atom. The van der Waals surface area contributed by atoms with Crippen LogP contribution in [0.3, 0.4) is 0 Å². The molecule has 6 nitrogen and oxygen atoms in total. The van der Waals surface area contributed by atoms with E-state index < -0.39 is 17.6 Å². The van der Waals surface area contributed by atoms with Crippen molar-refractivity contribution in [3.8, 4) is 11.5 Å². The molecule has 1 fully saturated rings. The number of rotatable bonds is 6. The van der Waals surface area contributed by atoms with Crippen molar-refractivity contribution >= 4 is 35.2 Å². The fourth-order valence-electron chi connectivity index (χ4n) is 3.17. The zero-order chi connectivity index (χ0) is 22.7. The van der Waals surface area contributed by atoms with Crippen LogP contribution in [0.5, 0.6) is 11.5 Å². The van der Waals surface area contributed by atoms with Crippen LogP contribution in [0.15, 0.2) is 72.3 Å². The van der Waals surface area contributed by atoms with Crippen LogP contribution in [0.1, 0.15) is 11.1 Å². The van der Waals surface area contributed by atoms with Gasteiger partial charge < -0.3 is 9.47 Å². The summed E-state index contributed by atoms with van der Waals surface area (Å²) < 4.78 is 24.4. The summed E-state index contributed by atoms with van der Waals surface area (Å²) in [5.41, 5.74) is 4.33. The van der Waals surface area contributed by atoms with Crippen LogP contribution < -0.4 is 19.9 Å². The highest BCUT2D eigenvalue weighted by Gasteiger charge is 2.34. The number of nitrogens with zero attached hydrogens (tertiary/aromatic N) is 1. The second-order valence-corrected chi connectivity index (χ2v) is 7.32. The maximum absolute atomic E-state index is 13.2. The Hall–Kier alpha value is -3.84. The predicted octanol–water partition coefficient (Wildman–Crippen LogP) is 4.53. The number of hydrogen-bond acceptors (Lipinski definition) is 4. The topological polar surface area (TPSA) is 67.9 Å². The second-order valence-electron chi connectivity index (χ2n) is 6.91. The fourth-order valence-corrected chi connectivity index (χ4v) is 3.39. The third-order valence-electron chi connectivity index (χ3n) is 4.80. The summed E-state index contributed by atoms with van der Waals surface area (Å²) in [5, 5.41) is 1.47. The number of methoxy groups -OCH3 is 1. The molecule has 162 valence electrons. The highest BCUT2D eigenvalue weighted by atomic mass is 35.5. The summed E-state index contributed by atoms with van der Waals surface area (Å²) >= 11 is 6.04. The Morgan fingerprint density at radius 1 is 1.03 bits per heavy atom. The molecular weight excluding hydrogens is 435 g/mol. The van der Waals surface area contributed by atoms with E-state index in [4.69, 9.17) is 21.1 Å². The average molecular weight is 453 g/mol. The summed E-state index contributed by atoms with van der Waals surface area (Å²) in [6.07, 6.45) is 1.49. The highest BCUT2D eigenvalue weighted by molar-refractivity contribution is 6.32. The molecule has 0 atom stereocenters. The lowest BCUT2D eigenvalue weighted by Gasteiger charge is -2.14. The smallest absolute Gasteiger partial charge is 0.282 e. The number of ether oxygens (including phenoxy) is 2. The van der Waals surface area contributed by atoms with Crippen molar-refractivity contribution in [2.45, 2.75) is 6.61 Å². The first-order valence-corrected chi connectivity index (χ1v) is 10.0.